The lowest BCUT2D eigenvalue weighted by atomic mass is 10.2. The van der Waals surface area contributed by atoms with Crippen LogP contribution in [-0.2, 0) is 4.79 Å². The molecule has 0 unspecified atom stereocenters. The second-order valence-electron chi connectivity index (χ2n) is 6.07. The number of amides is 2. The monoisotopic (exact) mass is 388 g/mol. The fourth-order valence-corrected chi connectivity index (χ4v) is 2.47. The number of aromatic nitrogens is 1. The summed E-state index contributed by atoms with van der Waals surface area (Å²) in [6.07, 6.45) is 4.57. The molecule has 4 N–H and O–H groups in total. The molecule has 1 aromatic heterocycles. The minimum atomic E-state index is -0.306. The smallest absolute Gasteiger partial charge is 0.256 e. The van der Waals surface area contributed by atoms with Gasteiger partial charge < -0.3 is 21.1 Å². The molecule has 29 heavy (non-hydrogen) atoms. The first kappa shape index (κ1) is 19.6. The van der Waals surface area contributed by atoms with E-state index in [1.807, 2.05) is 0 Å². The molecular weight excluding hydrogens is 368 g/mol. The first-order valence-corrected chi connectivity index (χ1v) is 8.80. The molecule has 3 aromatic rings. The summed E-state index contributed by atoms with van der Waals surface area (Å²) in [7, 11) is 1.57. The number of benzene rings is 2. The zero-order valence-corrected chi connectivity index (χ0v) is 15.8. The van der Waals surface area contributed by atoms with Crippen LogP contribution >= 0.6 is 0 Å². The Morgan fingerprint density at radius 2 is 1.76 bits per heavy atom. The maximum absolute atomic E-state index is 12.2. The van der Waals surface area contributed by atoms with Gasteiger partial charge in [0.1, 0.15) is 11.6 Å². The number of carbonyl (C=O) groups is 2. The van der Waals surface area contributed by atoms with Crippen LogP contribution in [0.1, 0.15) is 15.9 Å². The van der Waals surface area contributed by atoms with Gasteiger partial charge in [-0.2, -0.15) is 0 Å². The van der Waals surface area contributed by atoms with Crippen molar-refractivity contribution >= 4 is 35.1 Å². The minimum Gasteiger partial charge on any atom is -0.497 e. The van der Waals surface area contributed by atoms with E-state index in [0.29, 0.717) is 34.1 Å². The third-order valence-corrected chi connectivity index (χ3v) is 4.03. The van der Waals surface area contributed by atoms with Crippen LogP contribution in [0, 0.1) is 0 Å². The van der Waals surface area contributed by atoms with Gasteiger partial charge in [0.05, 0.1) is 18.5 Å². The number of ether oxygens (including phenoxy) is 1. The summed E-state index contributed by atoms with van der Waals surface area (Å²) in [5.41, 5.74) is 8.05. The summed E-state index contributed by atoms with van der Waals surface area (Å²) in [6.45, 7) is 0. The molecule has 3 rings (SSSR count). The van der Waals surface area contributed by atoms with Crippen molar-refractivity contribution in [2.24, 2.45) is 0 Å². The number of nitrogens with zero attached hydrogens (tertiary/aromatic N) is 1. The molecule has 0 saturated carbocycles. The molecule has 0 fully saturated rings. The van der Waals surface area contributed by atoms with Crippen LogP contribution in [0.4, 0.5) is 17.2 Å². The van der Waals surface area contributed by atoms with Crippen LogP contribution in [0.15, 0.2) is 72.9 Å². The number of nitrogen functional groups attached to an aromatic ring is 1. The molecule has 7 heteroatoms. The molecule has 7 nitrogen and oxygen atoms in total. The minimum absolute atomic E-state index is 0.275. The first-order chi connectivity index (χ1) is 14.0. The van der Waals surface area contributed by atoms with Gasteiger partial charge in [0, 0.05) is 17.8 Å². The topological polar surface area (TPSA) is 106 Å². The van der Waals surface area contributed by atoms with Crippen LogP contribution in [-0.4, -0.2) is 23.9 Å². The normalized spacial score (nSPS) is 10.5. The van der Waals surface area contributed by atoms with Crippen molar-refractivity contribution in [2.75, 3.05) is 23.5 Å². The van der Waals surface area contributed by atoms with Gasteiger partial charge in [-0.1, -0.05) is 12.1 Å². The Morgan fingerprint density at radius 1 is 1.00 bits per heavy atom. The van der Waals surface area contributed by atoms with Crippen molar-refractivity contribution < 1.29 is 14.3 Å². The number of para-hydroxylation sites is 2. The van der Waals surface area contributed by atoms with Gasteiger partial charge >= 0.3 is 0 Å². The fourth-order valence-electron chi connectivity index (χ4n) is 2.47. The van der Waals surface area contributed by atoms with Crippen LogP contribution < -0.4 is 21.1 Å². The zero-order valence-electron chi connectivity index (χ0n) is 15.8. The Morgan fingerprint density at radius 3 is 2.41 bits per heavy atom. The van der Waals surface area contributed by atoms with Crippen molar-refractivity contribution in [1.82, 2.24) is 4.98 Å². The SMILES string of the molecule is COc1ccc(C(=O)Nc2ccc(/C=C/C(=O)Nc3ccccc3N)cn2)cc1. The molecule has 2 aromatic carbocycles. The second kappa shape index (κ2) is 9.18. The van der Waals surface area contributed by atoms with E-state index in [9.17, 15) is 9.59 Å². The number of rotatable bonds is 6. The molecule has 0 bridgehead atoms. The lowest BCUT2D eigenvalue weighted by Gasteiger charge is -2.06. The largest absolute Gasteiger partial charge is 0.497 e. The Labute approximate surface area is 168 Å². The van der Waals surface area contributed by atoms with Crippen molar-refractivity contribution in [3.63, 3.8) is 0 Å². The Kier molecular flexibility index (Phi) is 6.22. The van der Waals surface area contributed by atoms with E-state index in [0.717, 1.165) is 0 Å². The van der Waals surface area contributed by atoms with E-state index in [2.05, 4.69) is 15.6 Å². The number of hydrogen-bond acceptors (Lipinski definition) is 5. The predicted molar refractivity (Wildman–Crippen MR) is 114 cm³/mol. The molecular formula is C22H20N4O3. The van der Waals surface area contributed by atoms with Gasteiger partial charge in [-0.25, -0.2) is 4.98 Å². The molecule has 2 amide bonds. The predicted octanol–water partition coefficient (Wildman–Crippen LogP) is 3.58. The van der Waals surface area contributed by atoms with E-state index >= 15 is 0 Å². The van der Waals surface area contributed by atoms with Crippen LogP contribution in [0.2, 0.25) is 0 Å². The lowest BCUT2D eigenvalue weighted by molar-refractivity contribution is -0.111. The van der Waals surface area contributed by atoms with Crippen LogP contribution in [0.3, 0.4) is 0 Å². The van der Waals surface area contributed by atoms with Gasteiger partial charge in [-0.3, -0.25) is 9.59 Å². The number of pyridine rings is 1. The second-order valence-corrected chi connectivity index (χ2v) is 6.07. The van der Waals surface area contributed by atoms with E-state index in [1.165, 1.54) is 6.08 Å². The summed E-state index contributed by atoms with van der Waals surface area (Å²) in [5, 5.41) is 5.43. The molecule has 0 atom stereocenters. The molecule has 1 heterocycles. The summed E-state index contributed by atoms with van der Waals surface area (Å²) in [4.78, 5) is 28.5. The Balaban J connectivity index is 1.57. The van der Waals surface area contributed by atoms with Crippen LogP contribution in [0.25, 0.3) is 6.08 Å². The van der Waals surface area contributed by atoms with Gasteiger partial charge in [0.15, 0.2) is 0 Å². The highest BCUT2D eigenvalue weighted by atomic mass is 16.5. The van der Waals surface area contributed by atoms with Gasteiger partial charge in [0.25, 0.3) is 5.91 Å². The van der Waals surface area contributed by atoms with Crippen molar-refractivity contribution in [3.05, 3.63) is 84.1 Å². The van der Waals surface area contributed by atoms with Crippen LogP contribution in [0.5, 0.6) is 5.75 Å². The fraction of sp³-hybridized carbons (Fsp3) is 0.0455. The number of methoxy groups -OCH3 is 1. The summed E-state index contributed by atoms with van der Waals surface area (Å²) in [5.74, 6) is 0.502. The number of nitrogens with one attached hydrogen (secondary N) is 2. The molecule has 0 radical (unpaired) electrons. The molecule has 146 valence electrons. The van der Waals surface area contributed by atoms with Crippen molar-refractivity contribution in [3.8, 4) is 5.75 Å². The standard InChI is InChI=1S/C22H20N4O3/c1-29-17-10-8-16(9-11-17)22(28)26-20-12-6-15(14-24-20)7-13-21(27)25-19-5-3-2-4-18(19)23/h2-14H,23H2,1H3,(H,25,27)(H,24,26,28)/b13-7+. The number of hydrogen-bond donors (Lipinski definition) is 3. The molecule has 0 aliphatic heterocycles. The van der Waals surface area contributed by atoms with Gasteiger partial charge in [-0.05, 0) is 60.2 Å². The summed E-state index contributed by atoms with van der Waals surface area (Å²) in [6, 6.07) is 17.2. The van der Waals surface area contributed by atoms with E-state index in [4.69, 9.17) is 10.5 Å². The summed E-state index contributed by atoms with van der Waals surface area (Å²) >= 11 is 0. The maximum Gasteiger partial charge on any atom is 0.256 e. The molecule has 0 saturated heterocycles. The third kappa shape index (κ3) is 5.43. The van der Waals surface area contributed by atoms with Crippen molar-refractivity contribution in [2.45, 2.75) is 0 Å². The average Bonchev–Trinajstić information content (AvgIpc) is 2.75. The quantitative estimate of drug-likeness (QED) is 0.442. The number of carbonyl (C=O) groups excluding carboxylic acids is 2. The Bertz CT molecular complexity index is 1030. The van der Waals surface area contributed by atoms with E-state index in [-0.39, 0.29) is 11.8 Å². The number of anilines is 3. The third-order valence-electron chi connectivity index (χ3n) is 4.03. The molecule has 0 aliphatic carbocycles. The molecule has 0 aliphatic rings. The summed E-state index contributed by atoms with van der Waals surface area (Å²) < 4.78 is 5.07. The van der Waals surface area contributed by atoms with Gasteiger partial charge in [-0.15, -0.1) is 0 Å². The van der Waals surface area contributed by atoms with Gasteiger partial charge in [0.2, 0.25) is 5.91 Å². The average molecular weight is 388 g/mol. The van der Waals surface area contributed by atoms with Crippen molar-refractivity contribution in [1.29, 1.82) is 0 Å². The highest BCUT2D eigenvalue weighted by molar-refractivity contribution is 6.04. The number of nitrogens with two attached hydrogens (primary N) is 1. The maximum atomic E-state index is 12.2. The molecule has 0 spiro atoms. The highest BCUT2D eigenvalue weighted by Gasteiger charge is 2.07. The Hall–Kier alpha value is -4.13. The zero-order chi connectivity index (χ0) is 20.6. The highest BCUT2D eigenvalue weighted by Crippen LogP contribution is 2.17. The first-order valence-electron chi connectivity index (χ1n) is 8.80. The lowest BCUT2D eigenvalue weighted by Crippen LogP contribution is -2.12. The van der Waals surface area contributed by atoms with E-state index < -0.39 is 0 Å². The van der Waals surface area contributed by atoms with E-state index in [1.54, 1.807) is 80.0 Å².